The summed E-state index contributed by atoms with van der Waals surface area (Å²) in [6, 6.07) is 6.52. The molecule has 0 amide bonds. The molecule has 0 bridgehead atoms. The van der Waals surface area contributed by atoms with Gasteiger partial charge in [-0.25, -0.2) is 15.0 Å². The summed E-state index contributed by atoms with van der Waals surface area (Å²) in [6.07, 6.45) is 14.0. The Hall–Kier alpha value is -2.90. The number of nitrogens with one attached hydrogen (secondary N) is 1. The molecular weight excluding hydrogens is 442 g/mol. The van der Waals surface area contributed by atoms with Crippen molar-refractivity contribution in [2.75, 3.05) is 24.1 Å². The number of aliphatic imine (C=N–C) groups is 1. The van der Waals surface area contributed by atoms with E-state index in [2.05, 4.69) is 63.8 Å². The van der Waals surface area contributed by atoms with E-state index >= 15 is 0 Å². The van der Waals surface area contributed by atoms with Crippen LogP contribution in [0.2, 0.25) is 0 Å². The molecule has 2 heterocycles. The van der Waals surface area contributed by atoms with Crippen molar-refractivity contribution in [3.05, 3.63) is 77.5 Å². The lowest BCUT2D eigenvalue weighted by Gasteiger charge is -2.32. The third kappa shape index (κ3) is 7.57. The molecule has 0 saturated heterocycles. The zero-order valence-corrected chi connectivity index (χ0v) is 21.9. The van der Waals surface area contributed by atoms with Gasteiger partial charge in [0.1, 0.15) is 18.1 Å². The lowest BCUT2D eigenvalue weighted by Crippen LogP contribution is -2.27. The number of nitrogens with zero attached hydrogens (tertiary/aromatic N) is 4. The Morgan fingerprint density at radius 2 is 2.09 bits per heavy atom. The molecule has 1 aliphatic heterocycles. The fraction of sp³-hybridized carbons (Fsp3) is 0.370. The summed E-state index contributed by atoms with van der Waals surface area (Å²) >= 11 is 1.67. The highest BCUT2D eigenvalue weighted by atomic mass is 32.2. The number of unbranched alkanes of at least 4 members (excludes halogenated alkanes) is 1. The molecule has 1 aliphatic rings. The van der Waals surface area contributed by atoms with E-state index in [-0.39, 0.29) is 0 Å². The number of benzene rings is 1. The van der Waals surface area contributed by atoms with Gasteiger partial charge in [-0.05, 0) is 43.5 Å². The van der Waals surface area contributed by atoms with Crippen LogP contribution in [0.3, 0.4) is 0 Å². The monoisotopic (exact) mass is 479 g/mol. The number of methoxy groups -OCH3 is 1. The highest BCUT2D eigenvalue weighted by Gasteiger charge is 2.23. The van der Waals surface area contributed by atoms with Crippen LogP contribution in [-0.2, 0) is 17.7 Å². The van der Waals surface area contributed by atoms with Gasteiger partial charge in [0, 0.05) is 30.5 Å². The van der Waals surface area contributed by atoms with Gasteiger partial charge in [0.15, 0.2) is 0 Å². The topological polar surface area (TPSA) is 62.6 Å². The first kappa shape index (κ1) is 27.3. The Labute approximate surface area is 209 Å². The molecule has 2 aromatic rings. The van der Waals surface area contributed by atoms with Crippen LogP contribution in [-0.4, -0.2) is 30.0 Å². The second kappa shape index (κ2) is 15.1. The summed E-state index contributed by atoms with van der Waals surface area (Å²) in [4.78, 5) is 16.6. The maximum atomic E-state index is 5.49. The molecule has 34 heavy (non-hydrogen) atoms. The van der Waals surface area contributed by atoms with Gasteiger partial charge in [-0.2, -0.15) is 0 Å². The molecule has 0 saturated carbocycles. The Morgan fingerprint density at radius 1 is 1.26 bits per heavy atom. The maximum Gasteiger partial charge on any atom is 0.122 e. The Bertz CT molecular complexity index is 1020. The van der Waals surface area contributed by atoms with E-state index in [1.54, 1.807) is 37.5 Å². The van der Waals surface area contributed by atoms with Crippen molar-refractivity contribution < 1.29 is 4.74 Å². The summed E-state index contributed by atoms with van der Waals surface area (Å²) < 4.78 is 5.49. The molecule has 0 radical (unpaired) electrons. The van der Waals surface area contributed by atoms with Crippen LogP contribution in [0.5, 0.6) is 0 Å². The molecule has 6 nitrogen and oxygen atoms in total. The molecule has 3 rings (SSSR count). The van der Waals surface area contributed by atoms with Crippen molar-refractivity contribution in [2.45, 2.75) is 58.4 Å². The van der Waals surface area contributed by atoms with Crippen LogP contribution >= 0.6 is 11.8 Å². The van der Waals surface area contributed by atoms with Crippen molar-refractivity contribution in [2.24, 2.45) is 4.99 Å². The van der Waals surface area contributed by atoms with Crippen molar-refractivity contribution >= 4 is 29.4 Å². The molecule has 182 valence electrons. The molecule has 0 spiro atoms. The third-order valence-corrected chi connectivity index (χ3v) is 6.22. The minimum atomic E-state index is 0.464. The fourth-order valence-electron chi connectivity index (χ4n) is 3.34. The number of thioether (sulfide) groups is 1. The first-order chi connectivity index (χ1) is 16.7. The number of allylic oxidation sites excluding steroid dienone is 4. The highest BCUT2D eigenvalue weighted by Crippen LogP contribution is 2.44. The fourth-order valence-corrected chi connectivity index (χ4v) is 4.33. The Balaban J connectivity index is 0.00000199. The highest BCUT2D eigenvalue weighted by molar-refractivity contribution is 8.03. The second-order valence-corrected chi connectivity index (χ2v) is 8.41. The summed E-state index contributed by atoms with van der Waals surface area (Å²) in [6.45, 7) is 13.1. The number of aryl methyl sites for hydroxylation is 1. The Morgan fingerprint density at radius 3 is 2.82 bits per heavy atom. The predicted molar refractivity (Wildman–Crippen MR) is 147 cm³/mol. The van der Waals surface area contributed by atoms with Crippen molar-refractivity contribution in [3.63, 3.8) is 0 Å². The summed E-state index contributed by atoms with van der Waals surface area (Å²) in [5.74, 6) is 0. The van der Waals surface area contributed by atoms with E-state index in [1.165, 1.54) is 5.56 Å². The molecular formula is C27H37N5OS. The quantitative estimate of drug-likeness (QED) is 0.277. The number of hydrogen-bond donors (Lipinski definition) is 1. The summed E-state index contributed by atoms with van der Waals surface area (Å²) in [5.41, 5.74) is 5.45. The normalized spacial score (nSPS) is 13.1. The van der Waals surface area contributed by atoms with Crippen LogP contribution < -0.4 is 10.2 Å². The molecule has 1 aromatic carbocycles. The molecule has 0 aliphatic carbocycles. The first-order valence-electron chi connectivity index (χ1n) is 11.8. The van der Waals surface area contributed by atoms with Gasteiger partial charge in [-0.3, -0.25) is 0 Å². The predicted octanol–water partition coefficient (Wildman–Crippen LogP) is 6.98. The van der Waals surface area contributed by atoms with E-state index in [0.717, 1.165) is 52.0 Å². The Kier molecular flexibility index (Phi) is 12.1. The number of hydrogen-bond acceptors (Lipinski definition) is 7. The number of fused-ring (bicyclic) bond motifs is 1. The largest absolute Gasteiger partial charge is 0.378 e. The SMILES string of the molecule is C=CC=C/C=N\C1=C(C)N(COC)c2cc(CNc3cncnc3CCCC)ccc2S1.CC. The van der Waals surface area contributed by atoms with Crippen LogP contribution in [0.15, 0.2) is 76.1 Å². The average Bonchev–Trinajstić information content (AvgIpc) is 2.88. The van der Waals surface area contributed by atoms with Crippen LogP contribution in [0, 0.1) is 0 Å². The standard InChI is InChI=1S/C25H31N5OS.C2H6/c1-5-7-9-13-27-25-19(3)30(18-31-4)23-14-20(11-12-24(23)32-25)15-28-22-16-26-17-29-21(22)10-8-6-2;1-2/h5,7,9,11-14,16-17,28H,1,6,8,10,15,18H2,2-4H3;1-2H3/b9-7?,27-13-;. The zero-order chi connectivity index (χ0) is 24.8. The van der Waals surface area contributed by atoms with Gasteiger partial charge in [0.2, 0.25) is 0 Å². The van der Waals surface area contributed by atoms with E-state index < -0.39 is 0 Å². The smallest absolute Gasteiger partial charge is 0.122 e. The van der Waals surface area contributed by atoms with Gasteiger partial charge in [0.05, 0.1) is 23.3 Å². The van der Waals surface area contributed by atoms with Gasteiger partial charge in [-0.1, -0.05) is 63.8 Å². The van der Waals surface area contributed by atoms with Gasteiger partial charge in [0.25, 0.3) is 0 Å². The second-order valence-electron chi connectivity index (χ2n) is 7.38. The number of anilines is 2. The van der Waals surface area contributed by atoms with Gasteiger partial charge >= 0.3 is 0 Å². The third-order valence-electron chi connectivity index (χ3n) is 5.06. The summed E-state index contributed by atoms with van der Waals surface area (Å²) in [7, 11) is 1.71. The van der Waals surface area contributed by atoms with Crippen molar-refractivity contribution in [1.29, 1.82) is 0 Å². The minimum absolute atomic E-state index is 0.464. The first-order valence-corrected chi connectivity index (χ1v) is 12.6. The van der Waals surface area contributed by atoms with E-state index in [9.17, 15) is 0 Å². The summed E-state index contributed by atoms with van der Waals surface area (Å²) in [5, 5.41) is 4.47. The van der Waals surface area contributed by atoms with E-state index in [0.29, 0.717) is 13.3 Å². The lowest BCUT2D eigenvalue weighted by atomic mass is 10.1. The molecule has 1 N–H and O–H groups in total. The lowest BCUT2D eigenvalue weighted by molar-refractivity contribution is 0.202. The van der Waals surface area contributed by atoms with Crippen molar-refractivity contribution in [3.8, 4) is 0 Å². The number of ether oxygens (including phenoxy) is 1. The molecule has 1 aromatic heterocycles. The van der Waals surface area contributed by atoms with Crippen molar-refractivity contribution in [1.82, 2.24) is 9.97 Å². The number of rotatable bonds is 11. The van der Waals surface area contributed by atoms with E-state index in [1.807, 2.05) is 32.2 Å². The van der Waals surface area contributed by atoms with Crippen LogP contribution in [0.4, 0.5) is 11.4 Å². The van der Waals surface area contributed by atoms with Gasteiger partial charge in [-0.15, -0.1) is 0 Å². The van der Waals surface area contributed by atoms with Crippen LogP contribution in [0.1, 0.15) is 51.8 Å². The average molecular weight is 480 g/mol. The molecule has 7 heteroatoms. The maximum absolute atomic E-state index is 5.49. The van der Waals surface area contributed by atoms with E-state index in [4.69, 9.17) is 4.74 Å². The van der Waals surface area contributed by atoms with Gasteiger partial charge < -0.3 is 15.0 Å². The molecule has 0 fully saturated rings. The zero-order valence-electron chi connectivity index (χ0n) is 21.0. The molecule has 0 atom stereocenters. The molecule has 0 unspecified atom stereocenters. The minimum Gasteiger partial charge on any atom is -0.378 e. The number of aromatic nitrogens is 2. The van der Waals surface area contributed by atoms with Crippen LogP contribution in [0.25, 0.3) is 0 Å².